The lowest BCUT2D eigenvalue weighted by Gasteiger charge is -2.27. The van der Waals surface area contributed by atoms with Gasteiger partial charge in [0, 0.05) is 24.5 Å². The fourth-order valence-electron chi connectivity index (χ4n) is 2.46. The Hall–Kier alpha value is -1.71. The van der Waals surface area contributed by atoms with Crippen molar-refractivity contribution in [2.45, 2.75) is 32.1 Å². The molecule has 1 amide bonds. The molecule has 98 valence electrons. The number of nitrogens with two attached hydrogens (primary N) is 2. The smallest absolute Gasteiger partial charge is 0.250 e. The summed E-state index contributed by atoms with van der Waals surface area (Å²) in [6.45, 7) is 2.09. The molecule has 1 heterocycles. The summed E-state index contributed by atoms with van der Waals surface area (Å²) in [6, 6.07) is 5.57. The number of anilines is 2. The zero-order valence-electron chi connectivity index (χ0n) is 10.7. The van der Waals surface area contributed by atoms with Crippen LogP contribution in [0.4, 0.5) is 11.4 Å². The highest BCUT2D eigenvalue weighted by atomic mass is 16.1. The van der Waals surface area contributed by atoms with E-state index >= 15 is 0 Å². The molecule has 1 aromatic carbocycles. The first-order chi connectivity index (χ1) is 8.68. The van der Waals surface area contributed by atoms with Gasteiger partial charge in [-0.15, -0.1) is 0 Å². The molecule has 2 rings (SSSR count). The number of carbonyl (C=O) groups excluding carboxylic acids is 1. The Morgan fingerprint density at radius 2 is 1.67 bits per heavy atom. The number of amides is 1. The summed E-state index contributed by atoms with van der Waals surface area (Å²) in [5.74, 6) is -0.457. The van der Waals surface area contributed by atoms with Crippen LogP contribution < -0.4 is 16.4 Å². The monoisotopic (exact) mass is 247 g/mol. The van der Waals surface area contributed by atoms with Crippen LogP contribution in [0.5, 0.6) is 0 Å². The number of hydrogen-bond donors (Lipinski definition) is 2. The summed E-state index contributed by atoms with van der Waals surface area (Å²) in [7, 11) is 0. The fourth-order valence-corrected chi connectivity index (χ4v) is 2.46. The zero-order chi connectivity index (χ0) is 13.0. The molecule has 1 fully saturated rings. The summed E-state index contributed by atoms with van der Waals surface area (Å²) in [6.07, 6.45) is 6.32. The summed E-state index contributed by atoms with van der Waals surface area (Å²) in [4.78, 5) is 13.6. The van der Waals surface area contributed by atoms with Crippen LogP contribution in [0.15, 0.2) is 18.2 Å². The van der Waals surface area contributed by atoms with Gasteiger partial charge in [0.2, 0.25) is 0 Å². The van der Waals surface area contributed by atoms with Gasteiger partial charge in [-0.25, -0.2) is 0 Å². The van der Waals surface area contributed by atoms with Crippen molar-refractivity contribution < 1.29 is 4.79 Å². The van der Waals surface area contributed by atoms with E-state index in [4.69, 9.17) is 11.5 Å². The van der Waals surface area contributed by atoms with Crippen LogP contribution in [0, 0.1) is 0 Å². The maximum atomic E-state index is 11.3. The number of nitrogens with zero attached hydrogens (tertiary/aromatic N) is 1. The first-order valence-electron chi connectivity index (χ1n) is 6.63. The third-order valence-corrected chi connectivity index (χ3v) is 3.52. The molecule has 1 saturated heterocycles. The SMILES string of the molecule is NC(=O)c1cc(N2CCCCCCC2)ccc1N. The van der Waals surface area contributed by atoms with Gasteiger partial charge in [0.1, 0.15) is 0 Å². The standard InChI is InChI=1S/C14H21N3O/c15-13-7-6-11(10-12(13)14(16)18)17-8-4-2-1-3-5-9-17/h6-7,10H,1-5,8-9,15H2,(H2,16,18). The van der Waals surface area contributed by atoms with E-state index in [1.165, 1.54) is 32.1 Å². The molecule has 18 heavy (non-hydrogen) atoms. The molecule has 0 aromatic heterocycles. The first-order valence-corrected chi connectivity index (χ1v) is 6.63. The van der Waals surface area contributed by atoms with Crippen molar-refractivity contribution in [3.05, 3.63) is 23.8 Å². The summed E-state index contributed by atoms with van der Waals surface area (Å²) < 4.78 is 0. The number of nitrogen functional groups attached to an aromatic ring is 1. The van der Waals surface area contributed by atoms with Crippen LogP contribution in [0.1, 0.15) is 42.5 Å². The normalized spacial score (nSPS) is 17.0. The zero-order valence-corrected chi connectivity index (χ0v) is 10.7. The predicted octanol–water partition coefficient (Wildman–Crippen LogP) is 2.14. The van der Waals surface area contributed by atoms with Crippen molar-refractivity contribution >= 4 is 17.3 Å². The molecule has 0 bridgehead atoms. The highest BCUT2D eigenvalue weighted by Crippen LogP contribution is 2.23. The largest absolute Gasteiger partial charge is 0.398 e. The molecule has 1 aromatic rings. The Kier molecular flexibility index (Phi) is 4.07. The Bertz CT molecular complexity index is 423. The summed E-state index contributed by atoms with van der Waals surface area (Å²) >= 11 is 0. The van der Waals surface area contributed by atoms with E-state index in [2.05, 4.69) is 4.90 Å². The lowest BCUT2D eigenvalue weighted by atomic mass is 10.1. The fraction of sp³-hybridized carbons (Fsp3) is 0.500. The van der Waals surface area contributed by atoms with Crippen LogP contribution in [0.3, 0.4) is 0 Å². The van der Waals surface area contributed by atoms with Gasteiger partial charge < -0.3 is 16.4 Å². The van der Waals surface area contributed by atoms with Gasteiger partial charge in [-0.1, -0.05) is 19.3 Å². The molecule has 0 spiro atoms. The Labute approximate surface area is 108 Å². The third-order valence-electron chi connectivity index (χ3n) is 3.52. The number of carbonyl (C=O) groups is 1. The van der Waals surface area contributed by atoms with Crippen LogP contribution >= 0.6 is 0 Å². The van der Waals surface area contributed by atoms with E-state index in [0.29, 0.717) is 11.3 Å². The molecule has 1 aliphatic heterocycles. The molecule has 1 aliphatic rings. The highest BCUT2D eigenvalue weighted by molar-refractivity contribution is 5.99. The quantitative estimate of drug-likeness (QED) is 0.786. The molecule has 0 unspecified atom stereocenters. The van der Waals surface area contributed by atoms with Crippen molar-refractivity contribution in [1.82, 2.24) is 0 Å². The van der Waals surface area contributed by atoms with E-state index in [0.717, 1.165) is 18.8 Å². The predicted molar refractivity (Wildman–Crippen MR) is 74.7 cm³/mol. The first kappa shape index (κ1) is 12.7. The number of rotatable bonds is 2. The van der Waals surface area contributed by atoms with E-state index in [9.17, 15) is 4.79 Å². The van der Waals surface area contributed by atoms with Crippen LogP contribution in [-0.2, 0) is 0 Å². The van der Waals surface area contributed by atoms with E-state index in [-0.39, 0.29) is 0 Å². The maximum absolute atomic E-state index is 11.3. The Balaban J connectivity index is 2.20. The van der Waals surface area contributed by atoms with Gasteiger partial charge in [-0.05, 0) is 31.0 Å². The molecule has 4 nitrogen and oxygen atoms in total. The summed E-state index contributed by atoms with van der Waals surface area (Å²) in [5, 5.41) is 0. The second kappa shape index (κ2) is 5.76. The van der Waals surface area contributed by atoms with Crippen LogP contribution in [-0.4, -0.2) is 19.0 Å². The van der Waals surface area contributed by atoms with Crippen molar-refractivity contribution in [2.75, 3.05) is 23.7 Å². The van der Waals surface area contributed by atoms with Gasteiger partial charge in [-0.2, -0.15) is 0 Å². The highest BCUT2D eigenvalue weighted by Gasteiger charge is 2.12. The minimum atomic E-state index is -0.457. The van der Waals surface area contributed by atoms with Crippen molar-refractivity contribution in [3.63, 3.8) is 0 Å². The average molecular weight is 247 g/mol. The van der Waals surface area contributed by atoms with Gasteiger partial charge >= 0.3 is 0 Å². The Morgan fingerprint density at radius 1 is 1.06 bits per heavy atom. The third kappa shape index (κ3) is 2.94. The van der Waals surface area contributed by atoms with Crippen molar-refractivity contribution in [1.29, 1.82) is 0 Å². The topological polar surface area (TPSA) is 72.4 Å². The second-order valence-corrected chi connectivity index (χ2v) is 4.89. The Morgan fingerprint density at radius 3 is 2.28 bits per heavy atom. The molecule has 4 N–H and O–H groups in total. The van der Waals surface area contributed by atoms with Gasteiger partial charge in [0.05, 0.1) is 5.56 Å². The van der Waals surface area contributed by atoms with Crippen LogP contribution in [0.2, 0.25) is 0 Å². The van der Waals surface area contributed by atoms with Gasteiger partial charge in [0.15, 0.2) is 0 Å². The molecular formula is C14H21N3O. The number of benzene rings is 1. The van der Waals surface area contributed by atoms with E-state index in [1.54, 1.807) is 6.07 Å². The van der Waals surface area contributed by atoms with E-state index < -0.39 is 5.91 Å². The molecule has 0 saturated carbocycles. The molecule has 0 aliphatic carbocycles. The second-order valence-electron chi connectivity index (χ2n) is 4.89. The summed E-state index contributed by atoms with van der Waals surface area (Å²) in [5.41, 5.74) is 13.0. The number of primary amides is 1. The minimum Gasteiger partial charge on any atom is -0.398 e. The number of hydrogen-bond acceptors (Lipinski definition) is 3. The molecule has 4 heteroatoms. The molecule has 0 radical (unpaired) electrons. The minimum absolute atomic E-state index is 0.426. The van der Waals surface area contributed by atoms with E-state index in [1.807, 2.05) is 12.1 Å². The molecular weight excluding hydrogens is 226 g/mol. The van der Waals surface area contributed by atoms with Crippen molar-refractivity contribution in [3.8, 4) is 0 Å². The lowest BCUT2D eigenvalue weighted by molar-refractivity contribution is 0.100. The van der Waals surface area contributed by atoms with Gasteiger partial charge in [0.25, 0.3) is 5.91 Å². The maximum Gasteiger partial charge on any atom is 0.250 e. The molecule has 0 atom stereocenters. The average Bonchev–Trinajstić information content (AvgIpc) is 2.29. The van der Waals surface area contributed by atoms with Gasteiger partial charge in [-0.3, -0.25) is 4.79 Å². The van der Waals surface area contributed by atoms with Crippen molar-refractivity contribution in [2.24, 2.45) is 5.73 Å². The van der Waals surface area contributed by atoms with Crippen LogP contribution in [0.25, 0.3) is 0 Å². The lowest BCUT2D eigenvalue weighted by Crippen LogP contribution is -2.27.